The number of aliphatic hydroxyl groups is 1. The molecule has 0 aromatic heterocycles. The molecule has 2 atom stereocenters. The van der Waals surface area contributed by atoms with E-state index in [-0.39, 0.29) is 30.7 Å². The van der Waals surface area contributed by atoms with Crippen LogP contribution >= 0.6 is 24.8 Å². The Hall–Kier alpha value is -1.59. The molecule has 4 nitrogen and oxygen atoms in total. The maximum atomic E-state index is 11.7. The van der Waals surface area contributed by atoms with Crippen molar-refractivity contribution in [2.24, 2.45) is 5.92 Å². The Morgan fingerprint density at radius 3 is 2.67 bits per heavy atom. The molecule has 30 heavy (non-hydrogen) atoms. The standard InChI is InChI=1S/C24H30N2O2.2ClH/c27-23(21-11-12-22-20(15-21)9-4-10-24(28)25-22)17-26-13-5-8-19(16-26)14-18-6-2-1-3-7-18;;/h1-3,6-7,11-12,15,19,23,27H,4-5,8-10,13-14,16-17H2,(H,25,28);2*1H/t19-,23?;;/m0../s1. The fourth-order valence-corrected chi connectivity index (χ4v) is 4.58. The molecular formula is C24H32Cl2N2O2. The Kier molecular flexibility index (Phi) is 9.63. The number of halogens is 2. The van der Waals surface area contributed by atoms with Crippen molar-refractivity contribution in [3.63, 3.8) is 0 Å². The van der Waals surface area contributed by atoms with Crippen molar-refractivity contribution in [3.8, 4) is 0 Å². The van der Waals surface area contributed by atoms with Crippen LogP contribution in [-0.4, -0.2) is 35.5 Å². The normalized spacial score (nSPS) is 20.0. The topological polar surface area (TPSA) is 52.6 Å². The van der Waals surface area contributed by atoms with Gasteiger partial charge in [-0.05, 0) is 67.3 Å². The minimum atomic E-state index is -0.486. The third-order valence-corrected chi connectivity index (χ3v) is 6.04. The minimum absolute atomic E-state index is 0. The monoisotopic (exact) mass is 450 g/mol. The van der Waals surface area contributed by atoms with Gasteiger partial charge in [0.25, 0.3) is 0 Å². The number of likely N-dealkylation sites (tertiary alicyclic amines) is 1. The molecule has 0 saturated carbocycles. The number of hydrogen-bond acceptors (Lipinski definition) is 3. The molecule has 2 aliphatic heterocycles. The van der Waals surface area contributed by atoms with Crippen LogP contribution in [0.5, 0.6) is 0 Å². The lowest BCUT2D eigenvalue weighted by atomic mass is 9.91. The predicted octanol–water partition coefficient (Wildman–Crippen LogP) is 4.79. The Labute approximate surface area is 191 Å². The van der Waals surface area contributed by atoms with Gasteiger partial charge in [-0.25, -0.2) is 0 Å². The molecule has 0 bridgehead atoms. The van der Waals surface area contributed by atoms with Gasteiger partial charge in [0, 0.05) is 25.2 Å². The lowest BCUT2D eigenvalue weighted by molar-refractivity contribution is -0.116. The van der Waals surface area contributed by atoms with Crippen LogP contribution in [-0.2, 0) is 17.6 Å². The second-order valence-corrected chi connectivity index (χ2v) is 8.29. The summed E-state index contributed by atoms with van der Waals surface area (Å²) >= 11 is 0. The van der Waals surface area contributed by atoms with Gasteiger partial charge in [-0.2, -0.15) is 0 Å². The lowest BCUT2D eigenvalue weighted by Gasteiger charge is -2.34. The SMILES string of the molecule is Cl.Cl.O=C1CCCc2cc(C(O)CN3CCC[C@@H](Cc4ccccc4)C3)ccc2N1. The molecule has 2 heterocycles. The Morgan fingerprint density at radius 2 is 1.87 bits per heavy atom. The Bertz CT molecular complexity index is 816. The van der Waals surface area contributed by atoms with Gasteiger partial charge in [0.15, 0.2) is 0 Å². The van der Waals surface area contributed by atoms with Gasteiger partial charge in [-0.1, -0.05) is 42.5 Å². The predicted molar refractivity (Wildman–Crippen MR) is 127 cm³/mol. The Balaban J connectivity index is 0.00000160. The summed E-state index contributed by atoms with van der Waals surface area (Å²) in [7, 11) is 0. The molecule has 1 unspecified atom stereocenters. The first-order valence-electron chi connectivity index (χ1n) is 10.5. The van der Waals surface area contributed by atoms with E-state index in [1.165, 1.54) is 18.4 Å². The lowest BCUT2D eigenvalue weighted by Crippen LogP contribution is -2.38. The first kappa shape index (κ1) is 24.7. The van der Waals surface area contributed by atoms with Gasteiger partial charge in [-0.15, -0.1) is 24.8 Å². The third kappa shape index (κ3) is 6.45. The summed E-state index contributed by atoms with van der Waals surface area (Å²) in [6.07, 6.45) is 5.42. The number of aliphatic hydroxyl groups excluding tert-OH is 1. The van der Waals surface area contributed by atoms with E-state index in [0.29, 0.717) is 18.9 Å². The molecule has 1 amide bonds. The van der Waals surface area contributed by atoms with Crippen LogP contribution in [0.25, 0.3) is 0 Å². The van der Waals surface area contributed by atoms with Crippen molar-refractivity contribution in [1.29, 1.82) is 0 Å². The average Bonchev–Trinajstić information content (AvgIpc) is 2.89. The zero-order valence-electron chi connectivity index (χ0n) is 17.3. The summed E-state index contributed by atoms with van der Waals surface area (Å²) in [5.74, 6) is 0.746. The van der Waals surface area contributed by atoms with Crippen LogP contribution in [0, 0.1) is 5.92 Å². The molecule has 2 N–H and O–H groups in total. The van der Waals surface area contributed by atoms with E-state index in [4.69, 9.17) is 0 Å². The van der Waals surface area contributed by atoms with Gasteiger partial charge >= 0.3 is 0 Å². The van der Waals surface area contributed by atoms with Crippen LogP contribution in [0.3, 0.4) is 0 Å². The summed E-state index contributed by atoms with van der Waals surface area (Å²) < 4.78 is 0. The van der Waals surface area contributed by atoms with Gasteiger partial charge < -0.3 is 15.3 Å². The van der Waals surface area contributed by atoms with E-state index in [2.05, 4.69) is 46.6 Å². The number of nitrogens with one attached hydrogen (secondary N) is 1. The molecule has 164 valence electrons. The molecule has 1 saturated heterocycles. The molecule has 2 aromatic rings. The van der Waals surface area contributed by atoms with Crippen LogP contribution in [0.1, 0.15) is 48.5 Å². The highest BCUT2D eigenvalue weighted by atomic mass is 35.5. The van der Waals surface area contributed by atoms with Crippen molar-refractivity contribution in [1.82, 2.24) is 4.90 Å². The number of benzene rings is 2. The fraction of sp³-hybridized carbons (Fsp3) is 0.458. The zero-order valence-corrected chi connectivity index (χ0v) is 18.9. The number of carbonyl (C=O) groups excluding carboxylic acids is 1. The molecule has 2 aromatic carbocycles. The molecule has 2 aliphatic rings. The van der Waals surface area contributed by atoms with Crippen LogP contribution < -0.4 is 5.32 Å². The van der Waals surface area contributed by atoms with Crippen molar-refractivity contribution in [2.45, 2.75) is 44.6 Å². The second-order valence-electron chi connectivity index (χ2n) is 8.29. The van der Waals surface area contributed by atoms with Crippen molar-refractivity contribution >= 4 is 36.4 Å². The molecule has 1 fully saturated rings. The largest absolute Gasteiger partial charge is 0.387 e. The summed E-state index contributed by atoms with van der Waals surface area (Å²) in [5, 5.41) is 13.8. The highest BCUT2D eigenvalue weighted by molar-refractivity contribution is 5.92. The van der Waals surface area contributed by atoms with Crippen LogP contribution in [0.4, 0.5) is 5.69 Å². The van der Waals surface area contributed by atoms with Crippen molar-refractivity contribution in [2.75, 3.05) is 25.0 Å². The first-order valence-corrected chi connectivity index (χ1v) is 10.5. The first-order chi connectivity index (χ1) is 13.7. The number of piperidine rings is 1. The molecule has 4 rings (SSSR count). The number of β-amino-alcohol motifs (C(OH)–C–C–N with tert-alkyl or cyclic N) is 1. The quantitative estimate of drug-likeness (QED) is 0.687. The highest BCUT2D eigenvalue weighted by Gasteiger charge is 2.23. The number of fused-ring (bicyclic) bond motifs is 1. The molecule has 0 spiro atoms. The van der Waals surface area contributed by atoms with E-state index in [1.807, 2.05) is 12.1 Å². The number of rotatable bonds is 5. The van der Waals surface area contributed by atoms with E-state index in [9.17, 15) is 9.90 Å². The highest BCUT2D eigenvalue weighted by Crippen LogP contribution is 2.28. The molecule has 0 aliphatic carbocycles. The molecular weight excluding hydrogens is 419 g/mol. The summed E-state index contributed by atoms with van der Waals surface area (Å²) in [5.41, 5.74) is 4.41. The summed E-state index contributed by atoms with van der Waals surface area (Å²) in [4.78, 5) is 14.1. The van der Waals surface area contributed by atoms with E-state index in [0.717, 1.165) is 49.2 Å². The van der Waals surface area contributed by atoms with Crippen LogP contribution in [0.2, 0.25) is 0 Å². The van der Waals surface area contributed by atoms with Crippen molar-refractivity contribution in [3.05, 3.63) is 65.2 Å². The Morgan fingerprint density at radius 1 is 1.07 bits per heavy atom. The number of carbonyl (C=O) groups is 1. The van der Waals surface area contributed by atoms with Gasteiger partial charge in [0.05, 0.1) is 6.10 Å². The van der Waals surface area contributed by atoms with E-state index >= 15 is 0 Å². The van der Waals surface area contributed by atoms with E-state index in [1.54, 1.807) is 0 Å². The van der Waals surface area contributed by atoms with Gasteiger partial charge in [0.1, 0.15) is 0 Å². The number of amides is 1. The van der Waals surface area contributed by atoms with E-state index < -0.39 is 6.10 Å². The number of nitrogens with zero attached hydrogens (tertiary/aromatic N) is 1. The summed E-state index contributed by atoms with van der Waals surface area (Å²) in [6.45, 7) is 2.78. The number of aryl methyl sites for hydroxylation is 1. The zero-order chi connectivity index (χ0) is 19.3. The molecule has 6 heteroatoms. The summed E-state index contributed by atoms with van der Waals surface area (Å²) in [6, 6.07) is 16.7. The van der Waals surface area contributed by atoms with Crippen LogP contribution in [0.15, 0.2) is 48.5 Å². The minimum Gasteiger partial charge on any atom is -0.387 e. The number of anilines is 1. The maximum Gasteiger partial charge on any atom is 0.224 e. The maximum absolute atomic E-state index is 11.7. The fourth-order valence-electron chi connectivity index (χ4n) is 4.58. The third-order valence-electron chi connectivity index (χ3n) is 6.04. The van der Waals surface area contributed by atoms with Gasteiger partial charge in [0.2, 0.25) is 5.91 Å². The molecule has 0 radical (unpaired) electrons. The van der Waals surface area contributed by atoms with Crippen molar-refractivity contribution < 1.29 is 9.90 Å². The second kappa shape index (κ2) is 11.7. The number of hydrogen-bond donors (Lipinski definition) is 2. The van der Waals surface area contributed by atoms with Gasteiger partial charge in [-0.3, -0.25) is 4.79 Å². The average molecular weight is 451 g/mol. The smallest absolute Gasteiger partial charge is 0.224 e.